The van der Waals surface area contributed by atoms with Gasteiger partial charge in [-0.05, 0) is 128 Å². The fraction of sp³-hybridized carbons (Fsp3) is 0.0333. The monoisotopic (exact) mass is 764 g/mol. The van der Waals surface area contributed by atoms with Crippen molar-refractivity contribution in [1.29, 1.82) is 0 Å². The quantitative estimate of drug-likeness (QED) is 0.148. The van der Waals surface area contributed by atoms with Crippen molar-refractivity contribution in [3.05, 3.63) is 231 Å². The zero-order valence-electron chi connectivity index (χ0n) is 33.9. The summed E-state index contributed by atoms with van der Waals surface area (Å²) in [6.45, 7) is 4.00. The minimum Gasteiger partial charge on any atom is -0.0683 e. The van der Waals surface area contributed by atoms with Gasteiger partial charge in [-0.15, -0.1) is 0 Å². The molecular weight excluding hydrogens is 721 g/mol. The third-order valence-corrected chi connectivity index (χ3v) is 11.9. The summed E-state index contributed by atoms with van der Waals surface area (Å²) in [5.74, 6) is 0. The Balaban J connectivity index is 0.00000213. The van der Waals surface area contributed by atoms with Crippen LogP contribution in [-0.2, 0) is 0 Å². The second kappa shape index (κ2) is 16.0. The van der Waals surface area contributed by atoms with Gasteiger partial charge < -0.3 is 0 Å². The molecule has 0 spiro atoms. The third-order valence-electron chi connectivity index (χ3n) is 11.9. The Morgan fingerprint density at radius 1 is 0.200 bits per heavy atom. The highest BCUT2D eigenvalue weighted by atomic mass is 14.2. The van der Waals surface area contributed by atoms with Gasteiger partial charge in [-0.25, -0.2) is 0 Å². The Bertz CT molecular complexity index is 3260. The summed E-state index contributed by atoms with van der Waals surface area (Å²) in [4.78, 5) is 0. The molecule has 0 fully saturated rings. The first-order valence-corrected chi connectivity index (χ1v) is 21.1. The molecule has 0 atom stereocenters. The fourth-order valence-corrected chi connectivity index (χ4v) is 9.07. The molecule has 0 saturated carbocycles. The van der Waals surface area contributed by atoms with Gasteiger partial charge in [0.05, 0.1) is 0 Å². The predicted molar refractivity (Wildman–Crippen MR) is 260 cm³/mol. The maximum Gasteiger partial charge on any atom is -0.00261 e. The van der Waals surface area contributed by atoms with Crippen LogP contribution >= 0.6 is 0 Å². The lowest BCUT2D eigenvalue weighted by Crippen LogP contribution is -1.93. The molecule has 11 aromatic rings. The first kappa shape index (κ1) is 36.8. The summed E-state index contributed by atoms with van der Waals surface area (Å²) in [5, 5.41) is 10.0. The molecular formula is C60H44. The molecule has 0 nitrogen and oxygen atoms in total. The van der Waals surface area contributed by atoms with E-state index in [0.29, 0.717) is 0 Å². The van der Waals surface area contributed by atoms with Crippen LogP contribution in [0.5, 0.6) is 0 Å². The maximum atomic E-state index is 2.45. The van der Waals surface area contributed by atoms with E-state index in [2.05, 4.69) is 231 Å². The topological polar surface area (TPSA) is 0 Å². The van der Waals surface area contributed by atoms with Crippen LogP contribution in [-0.4, -0.2) is 0 Å². The van der Waals surface area contributed by atoms with Gasteiger partial charge in [0.1, 0.15) is 0 Å². The summed E-state index contributed by atoms with van der Waals surface area (Å²) < 4.78 is 0. The number of fused-ring (bicyclic) bond motifs is 4. The van der Waals surface area contributed by atoms with Crippen molar-refractivity contribution in [3.63, 3.8) is 0 Å². The van der Waals surface area contributed by atoms with Gasteiger partial charge in [-0.2, -0.15) is 0 Å². The Hall–Kier alpha value is -7.54. The molecule has 0 aliphatic carbocycles. The lowest BCUT2D eigenvalue weighted by Gasteiger charge is -2.20. The average Bonchev–Trinajstić information content (AvgIpc) is 3.33. The van der Waals surface area contributed by atoms with Crippen LogP contribution in [0.3, 0.4) is 0 Å². The Morgan fingerprint density at radius 3 is 1.20 bits per heavy atom. The smallest absolute Gasteiger partial charge is 0.00261 e. The molecule has 0 amide bonds. The molecule has 0 aliphatic rings. The summed E-state index contributed by atoms with van der Waals surface area (Å²) in [6.07, 6.45) is 0. The van der Waals surface area contributed by atoms with Crippen LogP contribution in [0, 0.1) is 0 Å². The minimum atomic E-state index is 1.19. The number of hydrogen-bond donors (Lipinski definition) is 0. The molecule has 0 heteroatoms. The predicted octanol–water partition coefficient (Wildman–Crippen LogP) is 17.3. The van der Waals surface area contributed by atoms with Gasteiger partial charge in [0.25, 0.3) is 0 Å². The SMILES string of the molecule is CC.c1ccc(-c2c3ccccc3c(-c3ccc(-c4ccc5ccccc5c4)c(-c4ccccc4-c4ccc(-c5ccc6ccccc6c5)cc4)c3)c3ccccc23)cc1. The molecule has 0 heterocycles. The van der Waals surface area contributed by atoms with Gasteiger partial charge in [-0.3, -0.25) is 0 Å². The summed E-state index contributed by atoms with van der Waals surface area (Å²) >= 11 is 0. The van der Waals surface area contributed by atoms with E-state index in [9.17, 15) is 0 Å². The molecule has 11 rings (SSSR count). The largest absolute Gasteiger partial charge is 0.0683 e. The normalized spacial score (nSPS) is 11.2. The van der Waals surface area contributed by atoms with Crippen LogP contribution < -0.4 is 0 Å². The highest BCUT2D eigenvalue weighted by Crippen LogP contribution is 2.47. The third kappa shape index (κ3) is 6.63. The van der Waals surface area contributed by atoms with Crippen molar-refractivity contribution in [2.45, 2.75) is 13.8 Å². The first-order chi connectivity index (χ1) is 29.8. The van der Waals surface area contributed by atoms with Crippen molar-refractivity contribution in [2.75, 3.05) is 0 Å². The fourth-order valence-electron chi connectivity index (χ4n) is 9.07. The Labute approximate surface area is 352 Å². The molecule has 0 radical (unpaired) electrons. The molecule has 0 aromatic heterocycles. The zero-order chi connectivity index (χ0) is 40.4. The van der Waals surface area contributed by atoms with Crippen molar-refractivity contribution < 1.29 is 0 Å². The van der Waals surface area contributed by atoms with Crippen molar-refractivity contribution in [3.8, 4) is 66.8 Å². The summed E-state index contributed by atoms with van der Waals surface area (Å²) in [7, 11) is 0. The molecule has 0 unspecified atom stereocenters. The van der Waals surface area contributed by atoms with Crippen LogP contribution in [0.25, 0.3) is 110 Å². The van der Waals surface area contributed by atoms with Crippen LogP contribution in [0.1, 0.15) is 13.8 Å². The van der Waals surface area contributed by atoms with Crippen LogP contribution in [0.15, 0.2) is 231 Å². The molecule has 284 valence electrons. The number of rotatable bonds is 6. The standard InChI is InChI=1S/C58H38.C2H6/c1-2-16-43(17-3-1)57-52-22-10-12-24-54(52)58(55-25-13-11-23-53(55)57)48-34-35-50(47-33-29-40-15-5-7-19-45(40)37-47)56(38-48)51-21-9-8-20-49(51)42-30-26-41(27-31-42)46-32-28-39-14-4-6-18-44(39)36-46;1-2/h1-38H;1-2H3. The molecule has 0 saturated heterocycles. The number of benzene rings is 11. The van der Waals surface area contributed by atoms with Gasteiger partial charge in [-0.1, -0.05) is 226 Å². The molecule has 0 bridgehead atoms. The van der Waals surface area contributed by atoms with E-state index in [1.165, 1.54) is 110 Å². The van der Waals surface area contributed by atoms with E-state index < -0.39 is 0 Å². The van der Waals surface area contributed by atoms with Crippen molar-refractivity contribution in [2.24, 2.45) is 0 Å². The van der Waals surface area contributed by atoms with E-state index in [4.69, 9.17) is 0 Å². The summed E-state index contributed by atoms with van der Waals surface area (Å²) in [5.41, 5.74) is 14.6. The van der Waals surface area contributed by atoms with Gasteiger partial charge in [0.2, 0.25) is 0 Å². The van der Waals surface area contributed by atoms with E-state index >= 15 is 0 Å². The number of hydrogen-bond acceptors (Lipinski definition) is 0. The van der Waals surface area contributed by atoms with E-state index in [1.807, 2.05) is 13.8 Å². The van der Waals surface area contributed by atoms with E-state index in [0.717, 1.165) is 0 Å². The first-order valence-electron chi connectivity index (χ1n) is 21.1. The average molecular weight is 765 g/mol. The van der Waals surface area contributed by atoms with E-state index in [1.54, 1.807) is 0 Å². The summed E-state index contributed by atoms with van der Waals surface area (Å²) in [6, 6.07) is 84.7. The van der Waals surface area contributed by atoms with Gasteiger partial charge >= 0.3 is 0 Å². The van der Waals surface area contributed by atoms with Gasteiger partial charge in [0.15, 0.2) is 0 Å². The minimum absolute atomic E-state index is 1.19. The molecule has 11 aromatic carbocycles. The van der Waals surface area contributed by atoms with Crippen molar-refractivity contribution >= 4 is 43.1 Å². The Morgan fingerprint density at radius 2 is 0.600 bits per heavy atom. The molecule has 0 N–H and O–H groups in total. The van der Waals surface area contributed by atoms with Crippen molar-refractivity contribution in [1.82, 2.24) is 0 Å². The molecule has 60 heavy (non-hydrogen) atoms. The second-order valence-electron chi connectivity index (χ2n) is 15.2. The van der Waals surface area contributed by atoms with E-state index in [-0.39, 0.29) is 0 Å². The second-order valence-corrected chi connectivity index (χ2v) is 15.2. The van der Waals surface area contributed by atoms with Gasteiger partial charge in [0, 0.05) is 0 Å². The lowest BCUT2D eigenvalue weighted by atomic mass is 9.83. The maximum absolute atomic E-state index is 2.45. The Kier molecular flexibility index (Phi) is 9.81. The zero-order valence-corrected chi connectivity index (χ0v) is 33.9. The lowest BCUT2D eigenvalue weighted by molar-refractivity contribution is 1.50. The van der Waals surface area contributed by atoms with Crippen LogP contribution in [0.2, 0.25) is 0 Å². The molecule has 0 aliphatic heterocycles. The highest BCUT2D eigenvalue weighted by molar-refractivity contribution is 6.21. The highest BCUT2D eigenvalue weighted by Gasteiger charge is 2.20. The van der Waals surface area contributed by atoms with Crippen LogP contribution in [0.4, 0.5) is 0 Å².